The van der Waals surface area contributed by atoms with E-state index in [0.29, 0.717) is 16.1 Å². The summed E-state index contributed by atoms with van der Waals surface area (Å²) in [5.74, 6) is 0. The van der Waals surface area contributed by atoms with Crippen LogP contribution >= 0.6 is 23.2 Å². The van der Waals surface area contributed by atoms with Crippen LogP contribution in [0.1, 0.15) is 23.6 Å². The molecule has 1 aliphatic carbocycles. The highest BCUT2D eigenvalue weighted by Crippen LogP contribution is 2.36. The Kier molecular flexibility index (Phi) is 3.29. The fraction of sp³-hybridized carbons (Fsp3) is 0.200. The maximum atomic E-state index is 6.03. The largest absolute Gasteiger partial charge is 0.399 e. The molecule has 19 heavy (non-hydrogen) atoms. The standard InChI is InChI=1S/C15H14Cl2N2/c16-13-5-3-11(8-14(13)17)19-15-6-1-9-7-10(18)2-4-12(9)15/h2-5,7-8,15,19H,1,6,18H2. The Morgan fingerprint density at radius 3 is 2.68 bits per heavy atom. The normalized spacial score (nSPS) is 17.3. The lowest BCUT2D eigenvalue weighted by Gasteiger charge is -2.16. The summed E-state index contributed by atoms with van der Waals surface area (Å²) in [6.07, 6.45) is 2.12. The average molecular weight is 293 g/mol. The summed E-state index contributed by atoms with van der Waals surface area (Å²) in [6, 6.07) is 12.0. The smallest absolute Gasteiger partial charge is 0.0612 e. The first-order valence-electron chi connectivity index (χ1n) is 6.23. The van der Waals surface area contributed by atoms with E-state index in [0.717, 1.165) is 24.2 Å². The topological polar surface area (TPSA) is 38.0 Å². The molecule has 1 aliphatic rings. The van der Waals surface area contributed by atoms with Crippen LogP contribution in [0.3, 0.4) is 0 Å². The molecule has 3 rings (SSSR count). The molecule has 98 valence electrons. The number of nitrogens with two attached hydrogens (primary N) is 1. The molecule has 0 aromatic heterocycles. The van der Waals surface area contributed by atoms with E-state index in [1.165, 1.54) is 11.1 Å². The molecule has 0 spiro atoms. The number of halogens is 2. The fourth-order valence-electron chi connectivity index (χ4n) is 2.57. The molecule has 0 saturated carbocycles. The van der Waals surface area contributed by atoms with Gasteiger partial charge in [0.15, 0.2) is 0 Å². The van der Waals surface area contributed by atoms with Gasteiger partial charge in [-0.15, -0.1) is 0 Å². The summed E-state index contributed by atoms with van der Waals surface area (Å²) >= 11 is 12.0. The maximum Gasteiger partial charge on any atom is 0.0612 e. The van der Waals surface area contributed by atoms with Crippen molar-refractivity contribution in [1.29, 1.82) is 0 Å². The predicted molar refractivity (Wildman–Crippen MR) is 82.0 cm³/mol. The summed E-state index contributed by atoms with van der Waals surface area (Å²) in [6.45, 7) is 0. The molecule has 0 amide bonds. The molecule has 2 aromatic rings. The Morgan fingerprint density at radius 1 is 1.05 bits per heavy atom. The lowest BCUT2D eigenvalue weighted by molar-refractivity contribution is 0.762. The zero-order chi connectivity index (χ0) is 13.4. The van der Waals surface area contributed by atoms with Crippen LogP contribution in [0.15, 0.2) is 36.4 Å². The number of aryl methyl sites for hydroxylation is 1. The molecular formula is C15H14Cl2N2. The Balaban J connectivity index is 1.84. The lowest BCUT2D eigenvalue weighted by atomic mass is 10.1. The molecule has 2 nitrogen and oxygen atoms in total. The molecule has 4 heteroatoms. The van der Waals surface area contributed by atoms with E-state index in [1.807, 2.05) is 24.3 Å². The van der Waals surface area contributed by atoms with E-state index in [4.69, 9.17) is 28.9 Å². The van der Waals surface area contributed by atoms with Gasteiger partial charge in [-0.2, -0.15) is 0 Å². The second kappa shape index (κ2) is 4.95. The second-order valence-electron chi connectivity index (χ2n) is 4.82. The molecular weight excluding hydrogens is 279 g/mol. The fourth-order valence-corrected chi connectivity index (χ4v) is 2.87. The first-order valence-corrected chi connectivity index (χ1v) is 6.99. The van der Waals surface area contributed by atoms with Crippen LogP contribution in [-0.4, -0.2) is 0 Å². The summed E-state index contributed by atoms with van der Waals surface area (Å²) in [5.41, 5.74) is 10.3. The molecule has 0 radical (unpaired) electrons. The van der Waals surface area contributed by atoms with Crippen molar-refractivity contribution in [2.24, 2.45) is 0 Å². The van der Waals surface area contributed by atoms with Crippen molar-refractivity contribution < 1.29 is 0 Å². The Labute approximate surface area is 122 Å². The quantitative estimate of drug-likeness (QED) is 0.789. The highest BCUT2D eigenvalue weighted by molar-refractivity contribution is 6.42. The molecule has 1 unspecified atom stereocenters. The van der Waals surface area contributed by atoms with Gasteiger partial charge in [0.05, 0.1) is 16.1 Å². The summed E-state index contributed by atoms with van der Waals surface area (Å²) in [5, 5.41) is 4.65. The van der Waals surface area contributed by atoms with Crippen LogP contribution in [0.2, 0.25) is 10.0 Å². The third-order valence-corrected chi connectivity index (χ3v) is 4.24. The van der Waals surface area contributed by atoms with Crippen LogP contribution in [0.5, 0.6) is 0 Å². The number of anilines is 2. The SMILES string of the molecule is Nc1ccc2c(c1)CCC2Nc1ccc(Cl)c(Cl)c1. The highest BCUT2D eigenvalue weighted by Gasteiger charge is 2.22. The van der Waals surface area contributed by atoms with Crippen LogP contribution in [0, 0.1) is 0 Å². The number of hydrogen-bond acceptors (Lipinski definition) is 2. The molecule has 0 saturated heterocycles. The number of fused-ring (bicyclic) bond motifs is 1. The number of nitrogens with one attached hydrogen (secondary N) is 1. The van der Waals surface area contributed by atoms with Gasteiger partial charge in [0.2, 0.25) is 0 Å². The van der Waals surface area contributed by atoms with Gasteiger partial charge in [0.1, 0.15) is 0 Å². The molecule has 0 aliphatic heterocycles. The third-order valence-electron chi connectivity index (χ3n) is 3.51. The van der Waals surface area contributed by atoms with E-state index in [1.54, 1.807) is 0 Å². The number of nitrogen functional groups attached to an aromatic ring is 1. The van der Waals surface area contributed by atoms with Crippen LogP contribution in [0.25, 0.3) is 0 Å². The van der Waals surface area contributed by atoms with Gasteiger partial charge >= 0.3 is 0 Å². The minimum absolute atomic E-state index is 0.313. The zero-order valence-electron chi connectivity index (χ0n) is 10.3. The Hall–Kier alpha value is -1.38. The first kappa shape index (κ1) is 12.6. The minimum Gasteiger partial charge on any atom is -0.399 e. The number of benzene rings is 2. The van der Waals surface area contributed by atoms with E-state index in [2.05, 4.69) is 17.4 Å². The zero-order valence-corrected chi connectivity index (χ0v) is 11.8. The minimum atomic E-state index is 0.313. The van der Waals surface area contributed by atoms with Crippen molar-refractivity contribution in [3.63, 3.8) is 0 Å². The predicted octanol–water partition coefficient (Wildman–Crippen LogP) is 4.68. The molecule has 2 aromatic carbocycles. The summed E-state index contributed by atoms with van der Waals surface area (Å²) < 4.78 is 0. The van der Waals surface area contributed by atoms with Gasteiger partial charge in [-0.25, -0.2) is 0 Å². The average Bonchev–Trinajstić information content (AvgIpc) is 2.76. The van der Waals surface area contributed by atoms with Crippen molar-refractivity contribution in [1.82, 2.24) is 0 Å². The number of rotatable bonds is 2. The lowest BCUT2D eigenvalue weighted by Crippen LogP contribution is -2.07. The van der Waals surface area contributed by atoms with E-state index in [9.17, 15) is 0 Å². The number of hydrogen-bond donors (Lipinski definition) is 2. The van der Waals surface area contributed by atoms with E-state index < -0.39 is 0 Å². The third kappa shape index (κ3) is 2.51. The van der Waals surface area contributed by atoms with Crippen molar-refractivity contribution in [3.8, 4) is 0 Å². The van der Waals surface area contributed by atoms with Gasteiger partial charge in [-0.05, 0) is 54.3 Å². The Bertz CT molecular complexity index is 626. The van der Waals surface area contributed by atoms with E-state index >= 15 is 0 Å². The molecule has 0 fully saturated rings. The maximum absolute atomic E-state index is 6.03. The van der Waals surface area contributed by atoms with Crippen molar-refractivity contribution in [2.75, 3.05) is 11.1 Å². The van der Waals surface area contributed by atoms with Gasteiger partial charge in [0, 0.05) is 11.4 Å². The summed E-state index contributed by atoms with van der Waals surface area (Å²) in [7, 11) is 0. The monoisotopic (exact) mass is 292 g/mol. The van der Waals surface area contributed by atoms with Crippen molar-refractivity contribution in [2.45, 2.75) is 18.9 Å². The Morgan fingerprint density at radius 2 is 1.89 bits per heavy atom. The van der Waals surface area contributed by atoms with Crippen LogP contribution < -0.4 is 11.1 Å². The van der Waals surface area contributed by atoms with Crippen molar-refractivity contribution in [3.05, 3.63) is 57.6 Å². The van der Waals surface area contributed by atoms with Crippen molar-refractivity contribution >= 4 is 34.6 Å². The van der Waals surface area contributed by atoms with Gasteiger partial charge in [-0.3, -0.25) is 0 Å². The van der Waals surface area contributed by atoms with Gasteiger partial charge < -0.3 is 11.1 Å². The van der Waals surface area contributed by atoms with E-state index in [-0.39, 0.29) is 0 Å². The van der Waals surface area contributed by atoms with Gasteiger partial charge in [-0.1, -0.05) is 29.3 Å². The first-order chi connectivity index (χ1) is 9.13. The molecule has 0 bridgehead atoms. The van der Waals surface area contributed by atoms with Gasteiger partial charge in [0.25, 0.3) is 0 Å². The molecule has 3 N–H and O–H groups in total. The molecule has 0 heterocycles. The molecule has 1 atom stereocenters. The van der Waals surface area contributed by atoms with Crippen LogP contribution in [-0.2, 0) is 6.42 Å². The second-order valence-corrected chi connectivity index (χ2v) is 5.64. The summed E-state index contributed by atoms with van der Waals surface area (Å²) in [4.78, 5) is 0. The highest BCUT2D eigenvalue weighted by atomic mass is 35.5. The van der Waals surface area contributed by atoms with Crippen LogP contribution in [0.4, 0.5) is 11.4 Å².